The monoisotopic (exact) mass is 758 g/mol. The molecule has 1 aliphatic heterocycles. The normalized spacial score (nSPS) is 20.3. The van der Waals surface area contributed by atoms with E-state index in [0.717, 1.165) is 34.3 Å². The molecule has 2 aromatic rings. The fraction of sp³-hybridized carbons (Fsp3) is 0.683. The summed E-state index contributed by atoms with van der Waals surface area (Å²) in [7, 11) is -2.61. The van der Waals surface area contributed by atoms with Gasteiger partial charge in [-0.3, -0.25) is 0 Å². The van der Waals surface area contributed by atoms with Gasteiger partial charge in [0, 0.05) is 42.5 Å². The average Bonchev–Trinajstić information content (AvgIpc) is 3.13. The Morgan fingerprint density at radius 1 is 0.596 bits per heavy atom. The van der Waals surface area contributed by atoms with Crippen LogP contribution in [0.15, 0.2) is 48.5 Å². The van der Waals surface area contributed by atoms with E-state index in [-0.39, 0.29) is 56.8 Å². The van der Waals surface area contributed by atoms with Crippen molar-refractivity contribution in [1.29, 1.82) is 0 Å². The first-order chi connectivity index (χ1) is 24.5. The third-order valence-electron chi connectivity index (χ3n) is 9.60. The zero-order valence-electron chi connectivity index (χ0n) is 33.9. The first kappa shape index (κ1) is 44.3. The smallest absolute Gasteiger partial charge is 0.321 e. The molecule has 0 radical (unpaired) electrons. The van der Waals surface area contributed by atoms with E-state index in [0.29, 0.717) is 39.1 Å². The molecule has 0 aromatic heterocycles. The summed E-state index contributed by atoms with van der Waals surface area (Å²) in [6.45, 7) is 25.0. The molecule has 4 atom stereocenters. The van der Waals surface area contributed by atoms with E-state index in [9.17, 15) is 10.2 Å². The van der Waals surface area contributed by atoms with Crippen molar-refractivity contribution < 1.29 is 34.0 Å². The van der Waals surface area contributed by atoms with Crippen LogP contribution in [-0.4, -0.2) is 93.3 Å². The molecule has 0 spiro atoms. The van der Waals surface area contributed by atoms with Gasteiger partial charge in [-0.05, 0) is 59.0 Å². The van der Waals surface area contributed by atoms with Crippen molar-refractivity contribution in [3.05, 3.63) is 70.8 Å². The van der Waals surface area contributed by atoms with Crippen LogP contribution in [0.1, 0.15) is 62.8 Å². The van der Waals surface area contributed by atoms with E-state index >= 15 is 4.79 Å². The summed E-state index contributed by atoms with van der Waals surface area (Å²) >= 11 is 0. The molecule has 2 amide bonds. The molecule has 3 rings (SSSR count). The Morgan fingerprint density at radius 2 is 0.923 bits per heavy atom. The van der Waals surface area contributed by atoms with Gasteiger partial charge in [-0.25, -0.2) is 4.79 Å². The molecule has 9 nitrogen and oxygen atoms in total. The van der Waals surface area contributed by atoms with Crippen molar-refractivity contribution in [2.24, 2.45) is 11.8 Å². The average molecular weight is 759 g/mol. The lowest BCUT2D eigenvalue weighted by atomic mass is 9.88. The largest absolute Gasteiger partial charge is 0.392 e. The minimum atomic E-state index is -1.30. The molecule has 0 aliphatic carbocycles. The number of amides is 2. The van der Waals surface area contributed by atoms with Gasteiger partial charge in [0.2, 0.25) is 0 Å². The van der Waals surface area contributed by atoms with Gasteiger partial charge in [-0.15, -0.1) is 0 Å². The highest BCUT2D eigenvalue weighted by molar-refractivity contribution is 6.76. The molecule has 52 heavy (non-hydrogen) atoms. The first-order valence-corrected chi connectivity index (χ1v) is 26.8. The van der Waals surface area contributed by atoms with Crippen molar-refractivity contribution in [2.75, 3.05) is 26.8 Å². The molecule has 1 aliphatic rings. The number of nitrogens with zero attached hydrogens (tertiary/aromatic N) is 2. The van der Waals surface area contributed by atoms with Crippen LogP contribution in [0.4, 0.5) is 4.79 Å². The SMILES string of the molecule is CC(C)C[C@@H]1[C@H](OCOCC[Si](C)(C)C)[C@@H](OCOCC[Si](C)(C)C)[C@@H](CC(C)C)N(Cc2ccc(CO)cc2)C(=O)N1Cc1ccc(CO)cc1. The Balaban J connectivity index is 2.14. The second-order valence-electron chi connectivity index (χ2n) is 17.8. The van der Waals surface area contributed by atoms with Crippen LogP contribution in [0.5, 0.6) is 0 Å². The van der Waals surface area contributed by atoms with Gasteiger partial charge in [0.1, 0.15) is 25.8 Å². The number of hydrogen-bond donors (Lipinski definition) is 2. The van der Waals surface area contributed by atoms with E-state index in [1.54, 1.807) is 0 Å². The second-order valence-corrected chi connectivity index (χ2v) is 29.1. The van der Waals surface area contributed by atoms with Crippen molar-refractivity contribution in [3.63, 3.8) is 0 Å². The van der Waals surface area contributed by atoms with Crippen LogP contribution in [0, 0.1) is 11.8 Å². The molecule has 11 heteroatoms. The Labute approximate surface area is 317 Å². The maximum Gasteiger partial charge on any atom is 0.321 e. The van der Waals surface area contributed by atoms with E-state index in [1.165, 1.54) is 0 Å². The summed E-state index contributed by atoms with van der Waals surface area (Å²) in [5.41, 5.74) is 3.61. The summed E-state index contributed by atoms with van der Waals surface area (Å²) in [4.78, 5) is 19.2. The van der Waals surface area contributed by atoms with E-state index in [4.69, 9.17) is 18.9 Å². The van der Waals surface area contributed by atoms with Gasteiger partial charge in [0.05, 0.1) is 25.3 Å². The minimum absolute atomic E-state index is 0.0364. The Hall–Kier alpha value is -2.10. The molecule has 2 aromatic carbocycles. The minimum Gasteiger partial charge on any atom is -0.392 e. The van der Waals surface area contributed by atoms with Crippen LogP contribution in [0.2, 0.25) is 51.4 Å². The maximum atomic E-state index is 15.3. The highest BCUT2D eigenvalue weighted by atomic mass is 28.3. The van der Waals surface area contributed by atoms with Crippen LogP contribution in [0.25, 0.3) is 0 Å². The van der Waals surface area contributed by atoms with Gasteiger partial charge >= 0.3 is 6.03 Å². The lowest BCUT2D eigenvalue weighted by molar-refractivity contribution is -0.190. The molecule has 0 bridgehead atoms. The van der Waals surface area contributed by atoms with Gasteiger partial charge < -0.3 is 39.0 Å². The summed E-state index contributed by atoms with van der Waals surface area (Å²) in [6, 6.07) is 17.0. The maximum absolute atomic E-state index is 15.3. The quantitative estimate of drug-likeness (QED) is 0.0708. The van der Waals surface area contributed by atoms with Gasteiger partial charge in [0.15, 0.2) is 0 Å². The van der Waals surface area contributed by atoms with Gasteiger partial charge in [0.25, 0.3) is 0 Å². The van der Waals surface area contributed by atoms with Crippen molar-refractivity contribution >= 4 is 22.2 Å². The fourth-order valence-corrected chi connectivity index (χ4v) is 8.05. The van der Waals surface area contributed by atoms with Crippen LogP contribution in [0.3, 0.4) is 0 Å². The molecule has 0 unspecified atom stereocenters. The van der Waals surface area contributed by atoms with Crippen LogP contribution < -0.4 is 0 Å². The Kier molecular flexibility index (Phi) is 18.0. The first-order valence-electron chi connectivity index (χ1n) is 19.3. The van der Waals surface area contributed by atoms with Crippen molar-refractivity contribution in [1.82, 2.24) is 9.80 Å². The number of hydrogen-bond acceptors (Lipinski definition) is 7. The standard InChI is InChI=1S/C41H70N2O7Si2/c1-31(2)23-37-39(49-29-47-19-21-51(5,6)7)40(50-30-48-20-22-52(8,9)10)38(24-32(3)4)43(26-34-13-17-36(28-45)18-14-34)41(46)42(37)25-33-11-15-35(27-44)16-12-33/h11-18,31-32,37-40,44-45H,19-30H2,1-10H3/t37-,38-,39+,40+/m1/s1. The number of aliphatic hydroxyl groups excluding tert-OH is 2. The summed E-state index contributed by atoms with van der Waals surface area (Å²) in [6.07, 6.45) is 0.454. The number of ether oxygens (including phenoxy) is 4. The predicted molar refractivity (Wildman–Crippen MR) is 215 cm³/mol. The number of carbonyl (C=O) groups is 1. The molecule has 294 valence electrons. The molecule has 1 saturated heterocycles. The molecular weight excluding hydrogens is 689 g/mol. The molecule has 0 saturated carbocycles. The molecule has 2 N–H and O–H groups in total. The second kappa shape index (κ2) is 21.1. The molecule has 1 heterocycles. The lowest BCUT2D eigenvalue weighted by Crippen LogP contribution is -2.52. The highest BCUT2D eigenvalue weighted by Gasteiger charge is 2.49. The lowest BCUT2D eigenvalue weighted by Gasteiger charge is -2.39. The number of benzene rings is 2. The number of rotatable bonds is 22. The van der Waals surface area contributed by atoms with E-state index < -0.39 is 28.4 Å². The Bertz CT molecular complexity index is 1210. The fourth-order valence-electron chi connectivity index (χ4n) is 6.53. The summed E-state index contributed by atoms with van der Waals surface area (Å²) < 4.78 is 26.0. The van der Waals surface area contributed by atoms with Gasteiger partial charge in [-0.2, -0.15) is 0 Å². The number of urea groups is 1. The number of carbonyl (C=O) groups excluding carboxylic acids is 1. The van der Waals surface area contributed by atoms with Crippen LogP contribution in [-0.2, 0) is 45.3 Å². The Morgan fingerprint density at radius 3 is 1.21 bits per heavy atom. The molecular formula is C41H70N2O7Si2. The predicted octanol–water partition coefficient (Wildman–Crippen LogP) is 8.33. The van der Waals surface area contributed by atoms with E-state index in [1.807, 2.05) is 58.3 Å². The zero-order valence-corrected chi connectivity index (χ0v) is 35.9. The third kappa shape index (κ3) is 15.0. The van der Waals surface area contributed by atoms with Crippen molar-refractivity contribution in [2.45, 2.75) is 143 Å². The summed E-state index contributed by atoms with van der Waals surface area (Å²) in [5.74, 6) is 0.538. The van der Waals surface area contributed by atoms with Gasteiger partial charge in [-0.1, -0.05) is 116 Å². The third-order valence-corrected chi connectivity index (χ3v) is 13.0. The number of aliphatic hydroxyl groups is 2. The van der Waals surface area contributed by atoms with Crippen molar-refractivity contribution in [3.8, 4) is 0 Å². The summed E-state index contributed by atoms with van der Waals surface area (Å²) in [5, 5.41) is 19.4. The van der Waals surface area contributed by atoms with E-state index in [2.05, 4.69) is 67.0 Å². The highest BCUT2D eigenvalue weighted by Crippen LogP contribution is 2.35. The molecule has 1 fully saturated rings. The topological polar surface area (TPSA) is 101 Å². The zero-order chi connectivity index (χ0) is 38.5. The van der Waals surface area contributed by atoms with Crippen LogP contribution >= 0.6 is 0 Å².